The molecule has 1 atom stereocenters. The van der Waals surface area contributed by atoms with Crippen LogP contribution < -0.4 is 61.6 Å². The van der Waals surface area contributed by atoms with Crippen molar-refractivity contribution < 1.29 is 69.1 Å². The largest absolute Gasteiger partial charge is 1.00 e. The summed E-state index contributed by atoms with van der Waals surface area (Å²) >= 11 is 0. The van der Waals surface area contributed by atoms with E-state index in [1.807, 2.05) is 0 Å². The fourth-order valence-electron chi connectivity index (χ4n) is 1.28. The molecule has 0 radical (unpaired) electrons. The predicted molar refractivity (Wildman–Crippen MR) is 60.2 cm³/mol. The molecule has 0 saturated heterocycles. The van der Waals surface area contributed by atoms with Crippen molar-refractivity contribution in [2.75, 3.05) is 0 Å². The molecule has 0 aromatic heterocycles. The summed E-state index contributed by atoms with van der Waals surface area (Å²) in [6, 6.07) is 4.04. The van der Waals surface area contributed by atoms with E-state index in [4.69, 9.17) is 4.74 Å². The third-order valence-corrected chi connectivity index (χ3v) is 2.16. The molecule has 0 N–H and O–H groups in total. The van der Waals surface area contributed by atoms with E-state index >= 15 is 0 Å². The first-order chi connectivity index (χ1) is 7.34. The van der Waals surface area contributed by atoms with Gasteiger partial charge in [-0.15, -0.1) is 0 Å². The van der Waals surface area contributed by atoms with Crippen LogP contribution in [0, 0.1) is 6.92 Å². The zero-order chi connectivity index (χ0) is 12.3. The monoisotopic (exact) mass is 268 g/mol. The van der Waals surface area contributed by atoms with E-state index in [1.54, 1.807) is 19.9 Å². The molecule has 0 aliphatic carbocycles. The van der Waals surface area contributed by atoms with E-state index in [0.717, 1.165) is 6.07 Å². The number of ether oxygens (including phenoxy) is 1. The molecule has 0 bridgehead atoms. The second-order valence-corrected chi connectivity index (χ2v) is 3.67. The van der Waals surface area contributed by atoms with Gasteiger partial charge in [0.25, 0.3) is 0 Å². The Bertz CT molecular complexity index is 393. The van der Waals surface area contributed by atoms with Gasteiger partial charge in [-0.25, -0.2) is 0 Å². The van der Waals surface area contributed by atoms with Crippen molar-refractivity contribution in [3.05, 3.63) is 36.4 Å². The second kappa shape index (κ2) is 6.99. The average molecular weight is 268 g/mol. The molecular formula is C11H13BF3KO. The van der Waals surface area contributed by atoms with Crippen LogP contribution in [0.5, 0.6) is 5.75 Å². The van der Waals surface area contributed by atoms with E-state index in [9.17, 15) is 12.9 Å². The number of halogens is 3. The molecule has 1 rings (SSSR count). The molecule has 1 nitrogen and oxygen atoms in total. The smallest absolute Gasteiger partial charge is 0.490 e. The van der Waals surface area contributed by atoms with Gasteiger partial charge in [-0.2, -0.15) is 0 Å². The Morgan fingerprint density at radius 2 is 1.94 bits per heavy atom. The number of hydrogen-bond acceptors (Lipinski definition) is 1. The van der Waals surface area contributed by atoms with Gasteiger partial charge in [0.2, 0.25) is 0 Å². The van der Waals surface area contributed by atoms with Crippen LogP contribution in [0.15, 0.2) is 30.9 Å². The molecular weight excluding hydrogens is 255 g/mol. The molecule has 88 valence electrons. The minimum atomic E-state index is -5.05. The Morgan fingerprint density at radius 3 is 2.41 bits per heavy atom. The van der Waals surface area contributed by atoms with Crippen molar-refractivity contribution in [2.45, 2.75) is 20.0 Å². The van der Waals surface area contributed by atoms with Gasteiger partial charge < -0.3 is 17.7 Å². The standard InChI is InChI=1S/C11H13BF3O.K/c1-4-9(3)16-11-6-5-8(2)7-10(11)12(13,14)15;/h4-7,9H,1H2,2-3H3;/q-1;+1. The Kier molecular flexibility index (Phi) is 7.10. The van der Waals surface area contributed by atoms with Crippen LogP contribution >= 0.6 is 0 Å². The normalized spacial score (nSPS) is 12.5. The van der Waals surface area contributed by atoms with Crippen LogP contribution in [0.3, 0.4) is 0 Å². The Hall–Kier alpha value is 0.251. The van der Waals surface area contributed by atoms with E-state index in [1.165, 1.54) is 12.1 Å². The van der Waals surface area contributed by atoms with Crippen LogP contribution in [0.2, 0.25) is 0 Å². The number of rotatable bonds is 4. The van der Waals surface area contributed by atoms with Crippen LogP contribution in [0.4, 0.5) is 12.9 Å². The summed E-state index contributed by atoms with van der Waals surface area (Å²) in [7, 11) is 0. The van der Waals surface area contributed by atoms with Gasteiger partial charge in [0.1, 0.15) is 6.10 Å². The summed E-state index contributed by atoms with van der Waals surface area (Å²) in [5, 5.41) is 0. The van der Waals surface area contributed by atoms with Gasteiger partial charge in [-0.05, 0) is 19.9 Å². The van der Waals surface area contributed by atoms with Crippen LogP contribution in [0.1, 0.15) is 12.5 Å². The molecule has 0 aliphatic rings. The molecule has 0 heterocycles. The molecule has 0 spiro atoms. The number of benzene rings is 1. The Labute approximate surface area is 142 Å². The van der Waals surface area contributed by atoms with Crippen molar-refractivity contribution in [1.82, 2.24) is 0 Å². The SMILES string of the molecule is C=CC(C)Oc1ccc(C)cc1[B-](F)(F)F.[K+]. The molecule has 6 heteroatoms. The Morgan fingerprint density at radius 1 is 1.35 bits per heavy atom. The van der Waals surface area contributed by atoms with E-state index < -0.39 is 18.5 Å². The first-order valence-electron chi connectivity index (χ1n) is 4.94. The van der Waals surface area contributed by atoms with E-state index in [0.29, 0.717) is 5.56 Å². The minimum Gasteiger partial charge on any atom is -0.490 e. The van der Waals surface area contributed by atoms with Gasteiger partial charge >= 0.3 is 58.4 Å². The van der Waals surface area contributed by atoms with Gasteiger partial charge in [-0.1, -0.05) is 35.8 Å². The summed E-state index contributed by atoms with van der Waals surface area (Å²) in [5.74, 6) is -0.134. The van der Waals surface area contributed by atoms with E-state index in [-0.39, 0.29) is 57.1 Å². The molecule has 1 aromatic rings. The van der Waals surface area contributed by atoms with Gasteiger partial charge in [0, 0.05) is 0 Å². The third-order valence-electron chi connectivity index (χ3n) is 2.16. The maximum atomic E-state index is 12.7. The molecule has 1 aromatic carbocycles. The summed E-state index contributed by atoms with van der Waals surface area (Å²) in [5.41, 5.74) is -0.124. The van der Waals surface area contributed by atoms with Gasteiger partial charge in [0.15, 0.2) is 0 Å². The fourth-order valence-corrected chi connectivity index (χ4v) is 1.28. The minimum absolute atomic E-state index is 0. The van der Waals surface area contributed by atoms with Crippen LogP contribution in [-0.2, 0) is 0 Å². The fraction of sp³-hybridized carbons (Fsp3) is 0.273. The Balaban J connectivity index is 0.00000256. The quantitative estimate of drug-likeness (QED) is 0.552. The van der Waals surface area contributed by atoms with Crippen molar-refractivity contribution in [2.24, 2.45) is 0 Å². The summed E-state index contributed by atoms with van der Waals surface area (Å²) in [6.45, 7) is 1.67. The predicted octanol–water partition coefficient (Wildman–Crippen LogP) is 0.00672. The van der Waals surface area contributed by atoms with E-state index in [2.05, 4.69) is 6.58 Å². The zero-order valence-corrected chi connectivity index (χ0v) is 13.3. The summed E-state index contributed by atoms with van der Waals surface area (Å²) in [6.07, 6.45) is 1.01. The van der Waals surface area contributed by atoms with Crippen LogP contribution in [-0.4, -0.2) is 13.1 Å². The molecule has 0 amide bonds. The maximum Gasteiger partial charge on any atom is 1.00 e. The van der Waals surface area contributed by atoms with Crippen LogP contribution in [0.25, 0.3) is 0 Å². The first-order valence-corrected chi connectivity index (χ1v) is 4.94. The maximum absolute atomic E-state index is 12.7. The number of hydrogen-bond donors (Lipinski definition) is 0. The van der Waals surface area contributed by atoms with Gasteiger partial charge in [-0.3, -0.25) is 0 Å². The van der Waals surface area contributed by atoms with Crippen molar-refractivity contribution in [3.63, 3.8) is 0 Å². The molecule has 1 unspecified atom stereocenters. The first kappa shape index (κ1) is 17.3. The average Bonchev–Trinajstić information content (AvgIpc) is 2.19. The summed E-state index contributed by atoms with van der Waals surface area (Å²) in [4.78, 5) is 0. The molecule has 0 fully saturated rings. The molecule has 17 heavy (non-hydrogen) atoms. The molecule has 0 saturated carbocycles. The molecule has 0 aliphatic heterocycles. The number of aryl methyl sites for hydroxylation is 1. The topological polar surface area (TPSA) is 9.23 Å². The van der Waals surface area contributed by atoms with Gasteiger partial charge in [0.05, 0.1) is 5.75 Å². The van der Waals surface area contributed by atoms with Crippen molar-refractivity contribution in [3.8, 4) is 5.75 Å². The zero-order valence-electron chi connectivity index (χ0n) is 10.2. The third kappa shape index (κ3) is 5.18. The van der Waals surface area contributed by atoms with Crippen molar-refractivity contribution in [1.29, 1.82) is 0 Å². The second-order valence-electron chi connectivity index (χ2n) is 3.67. The van der Waals surface area contributed by atoms with Crippen molar-refractivity contribution >= 4 is 12.4 Å². The summed E-state index contributed by atoms with van der Waals surface area (Å²) < 4.78 is 43.4.